The molecule has 0 bridgehead atoms. The van der Waals surface area contributed by atoms with Crippen molar-refractivity contribution in [1.29, 1.82) is 0 Å². The monoisotopic (exact) mass is 270 g/mol. The molecular weight excluding hydrogens is 260 g/mol. The van der Waals surface area contributed by atoms with Crippen molar-refractivity contribution in [1.82, 2.24) is 9.97 Å². The van der Waals surface area contributed by atoms with E-state index in [-0.39, 0.29) is 16.2 Å². The number of primary amides is 1. The van der Waals surface area contributed by atoms with Crippen LogP contribution in [0.5, 0.6) is 0 Å². The summed E-state index contributed by atoms with van der Waals surface area (Å²) in [5.74, 6) is 0.743. The molecule has 1 amide bonds. The minimum atomic E-state index is -0.342. The molecule has 1 aromatic rings. The molecule has 0 saturated heterocycles. The highest BCUT2D eigenvalue weighted by atomic mass is 32.2. The molecule has 0 radical (unpaired) electrons. The molecule has 6 nitrogen and oxygen atoms in total. The van der Waals surface area contributed by atoms with Crippen molar-refractivity contribution >= 4 is 40.7 Å². The molecule has 4 N–H and O–H groups in total. The first-order chi connectivity index (χ1) is 8.06. The summed E-state index contributed by atoms with van der Waals surface area (Å²) >= 11 is 6.28. The highest BCUT2D eigenvalue weighted by Crippen LogP contribution is 2.25. The Bertz CT molecular complexity index is 602. The first-order valence-electron chi connectivity index (χ1n) is 4.90. The molecule has 0 atom stereocenters. The van der Waals surface area contributed by atoms with E-state index in [2.05, 4.69) is 15.0 Å². The lowest BCUT2D eigenvalue weighted by atomic mass is 10.3. The van der Waals surface area contributed by atoms with Gasteiger partial charge in [0.1, 0.15) is 5.82 Å². The predicted octanol–water partition coefficient (Wildman–Crippen LogP) is 0.627. The summed E-state index contributed by atoms with van der Waals surface area (Å²) in [6.07, 6.45) is 0.770. The van der Waals surface area contributed by atoms with Gasteiger partial charge >= 0.3 is 0 Å². The number of rotatable bonds is 3. The van der Waals surface area contributed by atoms with Crippen LogP contribution in [0.3, 0.4) is 0 Å². The van der Waals surface area contributed by atoms with E-state index in [4.69, 9.17) is 18.0 Å². The minimum absolute atomic E-state index is 0.210. The lowest BCUT2D eigenvalue weighted by Crippen LogP contribution is -2.14. The number of carbonyl (C=O) groups excluding carboxylic acids is 1. The highest BCUT2D eigenvalue weighted by molar-refractivity contribution is 8.14. The molecule has 0 aromatic carbocycles. The van der Waals surface area contributed by atoms with Crippen molar-refractivity contribution in [2.75, 3.05) is 5.75 Å². The molecule has 1 aliphatic heterocycles. The fourth-order valence-electron chi connectivity index (χ4n) is 1.43. The van der Waals surface area contributed by atoms with Gasteiger partial charge in [-0.15, -0.1) is 11.8 Å². The van der Waals surface area contributed by atoms with E-state index >= 15 is 0 Å². The van der Waals surface area contributed by atoms with Crippen LogP contribution in [0.4, 0.5) is 5.82 Å². The molecule has 0 unspecified atom stereocenters. The van der Waals surface area contributed by atoms with Crippen molar-refractivity contribution in [3.05, 3.63) is 20.7 Å². The number of H-pyrrole nitrogens is 2. The van der Waals surface area contributed by atoms with E-state index in [0.717, 1.165) is 5.04 Å². The Morgan fingerprint density at radius 3 is 3.00 bits per heavy atom. The van der Waals surface area contributed by atoms with Gasteiger partial charge in [0.05, 0.1) is 10.6 Å². The third kappa shape index (κ3) is 2.83. The van der Waals surface area contributed by atoms with E-state index in [0.29, 0.717) is 30.0 Å². The van der Waals surface area contributed by atoms with Gasteiger partial charge in [-0.25, -0.2) is 4.99 Å². The largest absolute Gasteiger partial charge is 0.370 e. The van der Waals surface area contributed by atoms with E-state index < -0.39 is 0 Å². The fourth-order valence-corrected chi connectivity index (χ4v) is 2.56. The van der Waals surface area contributed by atoms with E-state index in [1.807, 2.05) is 0 Å². The number of carbonyl (C=O) groups is 1. The normalized spacial score (nSPS) is 13.3. The third-order valence-electron chi connectivity index (χ3n) is 2.20. The molecule has 17 heavy (non-hydrogen) atoms. The Balaban J connectivity index is 2.10. The summed E-state index contributed by atoms with van der Waals surface area (Å²) in [6.45, 7) is 0. The summed E-state index contributed by atoms with van der Waals surface area (Å²) in [4.78, 5) is 31.7. The molecule has 0 aliphatic carbocycles. The van der Waals surface area contributed by atoms with Gasteiger partial charge in [0, 0.05) is 18.6 Å². The number of hydrogen-bond donors (Lipinski definition) is 3. The Kier molecular flexibility index (Phi) is 3.43. The Hall–Kier alpha value is -1.41. The summed E-state index contributed by atoms with van der Waals surface area (Å²) in [5, 5.41) is 0.795. The molecule has 1 aliphatic rings. The summed E-state index contributed by atoms with van der Waals surface area (Å²) in [5.41, 5.74) is 5.41. The van der Waals surface area contributed by atoms with Gasteiger partial charge in [0.25, 0.3) is 5.56 Å². The number of nitrogens with two attached hydrogens (primary N) is 1. The second-order valence-corrected chi connectivity index (χ2v) is 5.06. The number of amides is 1. The van der Waals surface area contributed by atoms with Gasteiger partial charge in [-0.1, -0.05) is 0 Å². The number of nitrogens with zero attached hydrogens (tertiary/aromatic N) is 1. The Labute approximate surface area is 106 Å². The Morgan fingerprint density at radius 2 is 2.29 bits per heavy atom. The van der Waals surface area contributed by atoms with Gasteiger partial charge in [0.15, 0.2) is 4.77 Å². The molecular formula is C9H10N4O2S2. The number of thioether (sulfide) groups is 1. The molecule has 2 rings (SSSR count). The molecule has 8 heteroatoms. The van der Waals surface area contributed by atoms with Crippen LogP contribution in [0.25, 0.3) is 0 Å². The number of hydrogen-bond acceptors (Lipinski definition) is 5. The van der Waals surface area contributed by atoms with Gasteiger partial charge < -0.3 is 10.7 Å². The maximum atomic E-state index is 11.6. The zero-order valence-corrected chi connectivity index (χ0v) is 10.4. The summed E-state index contributed by atoms with van der Waals surface area (Å²) in [7, 11) is 0. The zero-order chi connectivity index (χ0) is 12.4. The molecule has 0 spiro atoms. The number of nitrogens with one attached hydrogen (secondary N) is 2. The number of fused-ring (bicyclic) bond motifs is 1. The second kappa shape index (κ2) is 4.84. The van der Waals surface area contributed by atoms with Crippen LogP contribution >= 0.6 is 24.0 Å². The lowest BCUT2D eigenvalue weighted by Gasteiger charge is -1.97. The molecule has 0 fully saturated rings. The highest BCUT2D eigenvalue weighted by Gasteiger charge is 2.18. The average Bonchev–Trinajstić information content (AvgIpc) is 2.60. The van der Waals surface area contributed by atoms with Gasteiger partial charge in [0.2, 0.25) is 5.91 Å². The van der Waals surface area contributed by atoms with Crippen LogP contribution in [-0.4, -0.2) is 26.7 Å². The van der Waals surface area contributed by atoms with E-state index in [1.165, 1.54) is 11.8 Å². The lowest BCUT2D eigenvalue weighted by molar-refractivity contribution is -0.117. The van der Waals surface area contributed by atoms with Crippen LogP contribution in [0.15, 0.2) is 9.79 Å². The zero-order valence-electron chi connectivity index (χ0n) is 8.78. The second-order valence-electron chi connectivity index (χ2n) is 3.48. The molecule has 2 heterocycles. The summed E-state index contributed by atoms with van der Waals surface area (Å²) < 4.78 is 0.265. The van der Waals surface area contributed by atoms with Crippen LogP contribution < -0.4 is 11.3 Å². The van der Waals surface area contributed by atoms with E-state index in [1.54, 1.807) is 0 Å². The smallest absolute Gasteiger partial charge is 0.257 e. The van der Waals surface area contributed by atoms with Crippen molar-refractivity contribution in [2.24, 2.45) is 10.7 Å². The maximum absolute atomic E-state index is 11.6. The Morgan fingerprint density at radius 1 is 1.53 bits per heavy atom. The first-order valence-corrected chi connectivity index (χ1v) is 6.30. The van der Waals surface area contributed by atoms with Crippen LogP contribution in [0.2, 0.25) is 0 Å². The van der Waals surface area contributed by atoms with Gasteiger partial charge in [-0.05, 0) is 12.2 Å². The molecule has 90 valence electrons. The van der Waals surface area contributed by atoms with Gasteiger partial charge in [-0.3, -0.25) is 14.6 Å². The van der Waals surface area contributed by atoms with Crippen molar-refractivity contribution in [2.45, 2.75) is 12.8 Å². The fraction of sp³-hybridized carbons (Fsp3) is 0.333. The number of aliphatic imine (C=N–C) groups is 1. The summed E-state index contributed by atoms with van der Waals surface area (Å²) in [6, 6.07) is 0. The van der Waals surface area contributed by atoms with Gasteiger partial charge in [-0.2, -0.15) is 0 Å². The van der Waals surface area contributed by atoms with E-state index in [9.17, 15) is 9.59 Å². The quantitative estimate of drug-likeness (QED) is 0.700. The molecule has 0 saturated carbocycles. The minimum Gasteiger partial charge on any atom is -0.370 e. The molecule has 1 aromatic heterocycles. The first kappa shape index (κ1) is 12.1. The van der Waals surface area contributed by atoms with Crippen LogP contribution in [0.1, 0.15) is 12.0 Å². The third-order valence-corrected chi connectivity index (χ3v) is 3.38. The van der Waals surface area contributed by atoms with Crippen molar-refractivity contribution < 1.29 is 4.79 Å². The maximum Gasteiger partial charge on any atom is 0.257 e. The number of aromatic amines is 2. The predicted molar refractivity (Wildman–Crippen MR) is 69.3 cm³/mol. The van der Waals surface area contributed by atoms with Crippen LogP contribution in [-0.2, 0) is 11.2 Å². The standard InChI is InChI=1S/C9H10N4O2S2/c10-5(14)1-2-17-6-3-4-7(11-6)12-9(16)13-8(4)15/h1-3H2,(H2,10,14)(H2,12,13,15,16). The van der Waals surface area contributed by atoms with Crippen molar-refractivity contribution in [3.8, 4) is 0 Å². The topological polar surface area (TPSA) is 104 Å². The van der Waals surface area contributed by atoms with Crippen LogP contribution in [0, 0.1) is 4.77 Å². The average molecular weight is 270 g/mol. The van der Waals surface area contributed by atoms with Crippen molar-refractivity contribution in [3.63, 3.8) is 0 Å². The number of aromatic nitrogens is 2. The SMILES string of the molecule is NC(=O)CCSC1=Nc2[nH]c(=S)[nH]c(=O)c2C1.